The summed E-state index contributed by atoms with van der Waals surface area (Å²) in [7, 11) is -3.87. The van der Waals surface area contributed by atoms with Crippen molar-refractivity contribution >= 4 is 43.3 Å². The molecule has 0 spiro atoms. The third kappa shape index (κ3) is 5.13. The van der Waals surface area contributed by atoms with Crippen molar-refractivity contribution in [2.75, 3.05) is 47.3 Å². The maximum atomic E-state index is 12.9. The molecule has 1 N–H and O–H groups in total. The number of nitrogens with zero attached hydrogens (tertiary/aromatic N) is 4. The van der Waals surface area contributed by atoms with Crippen molar-refractivity contribution < 1.29 is 13.2 Å². The minimum atomic E-state index is -3.87. The zero-order valence-electron chi connectivity index (χ0n) is 17.6. The van der Waals surface area contributed by atoms with Crippen LogP contribution in [0.1, 0.15) is 6.92 Å². The van der Waals surface area contributed by atoms with E-state index in [-0.39, 0.29) is 10.6 Å². The number of halogens is 1. The van der Waals surface area contributed by atoms with Crippen LogP contribution in [0.3, 0.4) is 0 Å². The number of hydrogen-bond acceptors (Lipinski definition) is 7. The Morgan fingerprint density at radius 3 is 2.31 bits per heavy atom. The highest BCUT2D eigenvalue weighted by Gasteiger charge is 2.22. The van der Waals surface area contributed by atoms with Gasteiger partial charge in [0.25, 0.3) is 10.0 Å². The molecule has 2 aromatic carbocycles. The van der Waals surface area contributed by atoms with E-state index in [2.05, 4.69) is 52.6 Å². The van der Waals surface area contributed by atoms with Gasteiger partial charge in [-0.3, -0.25) is 4.72 Å². The van der Waals surface area contributed by atoms with Crippen molar-refractivity contribution in [3.05, 3.63) is 65.4 Å². The van der Waals surface area contributed by atoms with Gasteiger partial charge in [-0.25, -0.2) is 18.4 Å². The van der Waals surface area contributed by atoms with Crippen LogP contribution >= 0.6 is 15.9 Å². The molecule has 1 fully saturated rings. The summed E-state index contributed by atoms with van der Waals surface area (Å²) in [5.74, 6) is 0.871. The number of hydrogen-bond donors (Lipinski definition) is 1. The van der Waals surface area contributed by atoms with Gasteiger partial charge in [0.05, 0.1) is 24.7 Å². The molecule has 8 nitrogen and oxygen atoms in total. The summed E-state index contributed by atoms with van der Waals surface area (Å²) in [6, 6.07) is 15.2. The molecule has 4 rings (SSSR count). The van der Waals surface area contributed by atoms with Gasteiger partial charge < -0.3 is 14.5 Å². The number of ether oxygens (including phenoxy) is 1. The summed E-state index contributed by atoms with van der Waals surface area (Å²) in [5.41, 5.74) is 1.50. The maximum Gasteiger partial charge on any atom is 0.265 e. The largest absolute Gasteiger partial charge is 0.492 e. The van der Waals surface area contributed by atoms with Crippen molar-refractivity contribution in [3.63, 3.8) is 0 Å². The molecule has 1 aliphatic rings. The first-order chi connectivity index (χ1) is 15.5. The summed E-state index contributed by atoms with van der Waals surface area (Å²) in [6.07, 6.45) is 2.98. The number of aromatic nitrogens is 2. The highest BCUT2D eigenvalue weighted by molar-refractivity contribution is 9.10. The van der Waals surface area contributed by atoms with Crippen LogP contribution in [0.5, 0.6) is 5.75 Å². The second kappa shape index (κ2) is 9.74. The standard InChI is InChI=1S/C22H24BrN5O3S/c1-2-31-20-9-8-17(23)14-21(20)32(29,30)26-18-15-24-22(25-16-18)28-12-10-27(11-13-28)19-6-4-3-5-7-19/h3-9,14-16,26H,2,10-13H2,1H3. The van der Waals surface area contributed by atoms with Gasteiger partial charge >= 0.3 is 0 Å². The molecule has 0 unspecified atom stereocenters. The first-order valence-electron chi connectivity index (χ1n) is 10.3. The van der Waals surface area contributed by atoms with Crippen molar-refractivity contribution in [1.29, 1.82) is 0 Å². The Bertz CT molecular complexity index is 1150. The number of piperazine rings is 1. The zero-order valence-corrected chi connectivity index (χ0v) is 20.0. The second-order valence-electron chi connectivity index (χ2n) is 7.21. The Labute approximate surface area is 196 Å². The minimum absolute atomic E-state index is 0.0508. The molecule has 0 saturated carbocycles. The number of sulfonamides is 1. The highest BCUT2D eigenvalue weighted by Crippen LogP contribution is 2.29. The molecule has 0 atom stereocenters. The number of benzene rings is 2. The molecule has 0 radical (unpaired) electrons. The van der Waals surface area contributed by atoms with E-state index in [1.54, 1.807) is 19.1 Å². The third-order valence-corrected chi connectivity index (χ3v) is 6.97. The molecular weight excluding hydrogens is 494 g/mol. The van der Waals surface area contributed by atoms with Crippen LogP contribution in [0.4, 0.5) is 17.3 Å². The van der Waals surface area contributed by atoms with Crippen LogP contribution in [0.2, 0.25) is 0 Å². The van der Waals surface area contributed by atoms with Crippen molar-refractivity contribution in [3.8, 4) is 5.75 Å². The van der Waals surface area contributed by atoms with Gasteiger partial charge in [0.15, 0.2) is 0 Å². The first-order valence-corrected chi connectivity index (χ1v) is 12.6. The van der Waals surface area contributed by atoms with Crippen LogP contribution in [0, 0.1) is 0 Å². The summed E-state index contributed by atoms with van der Waals surface area (Å²) >= 11 is 3.32. The Balaban J connectivity index is 1.43. The zero-order chi connectivity index (χ0) is 22.6. The lowest BCUT2D eigenvalue weighted by Gasteiger charge is -2.36. The Morgan fingerprint density at radius 1 is 1.00 bits per heavy atom. The minimum Gasteiger partial charge on any atom is -0.492 e. The number of anilines is 3. The molecule has 32 heavy (non-hydrogen) atoms. The molecule has 0 amide bonds. The van der Waals surface area contributed by atoms with Crippen molar-refractivity contribution in [1.82, 2.24) is 9.97 Å². The van der Waals surface area contributed by atoms with E-state index in [4.69, 9.17) is 4.74 Å². The van der Waals surface area contributed by atoms with E-state index in [0.29, 0.717) is 22.7 Å². The normalized spacial score (nSPS) is 14.3. The lowest BCUT2D eigenvalue weighted by Crippen LogP contribution is -2.47. The van der Waals surface area contributed by atoms with Gasteiger partial charge in [-0.1, -0.05) is 34.1 Å². The molecule has 1 aromatic heterocycles. The fourth-order valence-corrected chi connectivity index (χ4v) is 5.23. The van der Waals surface area contributed by atoms with Crippen LogP contribution in [0.25, 0.3) is 0 Å². The van der Waals surface area contributed by atoms with E-state index in [0.717, 1.165) is 26.2 Å². The molecule has 2 heterocycles. The summed E-state index contributed by atoms with van der Waals surface area (Å²) < 4.78 is 34.5. The lowest BCUT2D eigenvalue weighted by molar-refractivity contribution is 0.331. The fourth-order valence-electron chi connectivity index (χ4n) is 3.52. The van der Waals surface area contributed by atoms with Gasteiger partial charge in [-0.2, -0.15) is 0 Å². The summed E-state index contributed by atoms with van der Waals surface area (Å²) in [6.45, 7) is 5.47. The molecule has 3 aromatic rings. The SMILES string of the molecule is CCOc1ccc(Br)cc1S(=O)(=O)Nc1cnc(N2CCN(c3ccccc3)CC2)nc1. The van der Waals surface area contributed by atoms with Gasteiger partial charge in [0.2, 0.25) is 5.95 Å². The van der Waals surface area contributed by atoms with E-state index in [1.807, 2.05) is 18.2 Å². The molecule has 1 aliphatic heterocycles. The Hall–Kier alpha value is -2.85. The molecule has 1 saturated heterocycles. The Morgan fingerprint density at radius 2 is 1.66 bits per heavy atom. The van der Waals surface area contributed by atoms with Gasteiger partial charge in [-0.15, -0.1) is 0 Å². The van der Waals surface area contributed by atoms with Crippen LogP contribution < -0.4 is 19.3 Å². The van der Waals surface area contributed by atoms with Crippen molar-refractivity contribution in [2.24, 2.45) is 0 Å². The summed E-state index contributed by atoms with van der Waals surface area (Å²) in [4.78, 5) is 13.2. The monoisotopic (exact) mass is 517 g/mol. The Kier molecular flexibility index (Phi) is 6.80. The third-order valence-electron chi connectivity index (χ3n) is 5.07. The average Bonchev–Trinajstić information content (AvgIpc) is 2.81. The van der Waals surface area contributed by atoms with Gasteiger partial charge in [0.1, 0.15) is 10.6 Å². The predicted molar refractivity (Wildman–Crippen MR) is 129 cm³/mol. The van der Waals surface area contributed by atoms with E-state index >= 15 is 0 Å². The average molecular weight is 518 g/mol. The molecule has 0 aliphatic carbocycles. The molecular formula is C22H24BrN5O3S. The fraction of sp³-hybridized carbons (Fsp3) is 0.273. The second-order valence-corrected chi connectivity index (χ2v) is 9.78. The number of rotatable bonds is 7. The van der Waals surface area contributed by atoms with Crippen molar-refractivity contribution in [2.45, 2.75) is 11.8 Å². The van der Waals surface area contributed by atoms with Gasteiger partial charge in [-0.05, 0) is 37.3 Å². The van der Waals surface area contributed by atoms with Crippen LogP contribution in [-0.4, -0.2) is 51.2 Å². The lowest BCUT2D eigenvalue weighted by atomic mass is 10.2. The smallest absolute Gasteiger partial charge is 0.265 e. The molecule has 168 valence electrons. The topological polar surface area (TPSA) is 87.7 Å². The number of nitrogens with one attached hydrogen (secondary N) is 1. The van der Waals surface area contributed by atoms with E-state index < -0.39 is 10.0 Å². The van der Waals surface area contributed by atoms with Gasteiger partial charge in [0, 0.05) is 36.3 Å². The van der Waals surface area contributed by atoms with Crippen LogP contribution in [0.15, 0.2) is 70.3 Å². The van der Waals surface area contributed by atoms with E-state index in [9.17, 15) is 8.42 Å². The predicted octanol–water partition coefficient (Wildman–Crippen LogP) is 3.77. The first kappa shape index (κ1) is 22.3. The maximum absolute atomic E-state index is 12.9. The summed E-state index contributed by atoms with van der Waals surface area (Å²) in [5, 5.41) is 0. The number of para-hydroxylation sites is 1. The quantitative estimate of drug-likeness (QED) is 0.510. The molecule has 0 bridgehead atoms. The highest BCUT2D eigenvalue weighted by atomic mass is 79.9. The van der Waals surface area contributed by atoms with Crippen LogP contribution in [-0.2, 0) is 10.0 Å². The van der Waals surface area contributed by atoms with E-state index in [1.165, 1.54) is 24.1 Å². The molecule has 10 heteroatoms.